The number of aromatic amines is 1. The minimum absolute atomic E-state index is 0.118. The van der Waals surface area contributed by atoms with Crippen LogP contribution in [-0.2, 0) is 16.8 Å². The van der Waals surface area contributed by atoms with Crippen LogP contribution in [0.15, 0.2) is 30.6 Å². The lowest BCUT2D eigenvalue weighted by molar-refractivity contribution is -0.140. The molecule has 1 aromatic carbocycles. The Morgan fingerprint density at radius 3 is 2.86 bits per heavy atom. The number of hydrogen-bond acceptors (Lipinski definition) is 3. The Hall–Kier alpha value is -1.88. The second-order valence-corrected chi connectivity index (χ2v) is 5.98. The summed E-state index contributed by atoms with van der Waals surface area (Å²) < 4.78 is 0. The zero-order chi connectivity index (χ0) is 14.9. The number of likely N-dealkylation sites (N-methyl/N-ethyl adjacent to an activating group) is 1. The van der Waals surface area contributed by atoms with E-state index in [4.69, 9.17) is 11.6 Å². The molecule has 1 N–H and O–H groups in total. The van der Waals surface area contributed by atoms with Gasteiger partial charge in [0.15, 0.2) is 0 Å². The molecule has 5 nitrogen and oxygen atoms in total. The summed E-state index contributed by atoms with van der Waals surface area (Å²) in [7, 11) is 1.80. The molecule has 1 heterocycles. The Balaban J connectivity index is 1.83. The van der Waals surface area contributed by atoms with Gasteiger partial charge in [-0.2, -0.15) is 5.10 Å². The molecular formula is C15H17ClN4O. The van der Waals surface area contributed by atoms with Gasteiger partial charge in [0.2, 0.25) is 5.91 Å². The highest BCUT2D eigenvalue weighted by molar-refractivity contribution is 6.30. The third kappa shape index (κ3) is 2.53. The van der Waals surface area contributed by atoms with Crippen LogP contribution in [0.4, 0.5) is 0 Å². The van der Waals surface area contributed by atoms with E-state index in [0.29, 0.717) is 17.4 Å². The molecule has 1 saturated carbocycles. The van der Waals surface area contributed by atoms with Crippen molar-refractivity contribution in [2.75, 3.05) is 7.05 Å². The number of benzene rings is 1. The molecule has 1 fully saturated rings. The molecule has 0 atom stereocenters. The highest BCUT2D eigenvalue weighted by atomic mass is 35.5. The smallest absolute Gasteiger partial charge is 0.233 e. The van der Waals surface area contributed by atoms with Crippen molar-refractivity contribution in [2.45, 2.75) is 31.2 Å². The third-order valence-corrected chi connectivity index (χ3v) is 4.43. The average Bonchev–Trinajstić information content (AvgIpc) is 2.90. The van der Waals surface area contributed by atoms with E-state index in [1.165, 1.54) is 6.33 Å². The highest BCUT2D eigenvalue weighted by Gasteiger charge is 2.47. The van der Waals surface area contributed by atoms with Crippen LogP contribution >= 0.6 is 11.6 Å². The van der Waals surface area contributed by atoms with Gasteiger partial charge in [0.05, 0.1) is 12.0 Å². The lowest BCUT2D eigenvalue weighted by atomic mass is 9.63. The summed E-state index contributed by atoms with van der Waals surface area (Å²) in [5, 5.41) is 7.26. The number of hydrogen-bond donors (Lipinski definition) is 1. The molecule has 1 aliphatic carbocycles. The molecule has 1 amide bonds. The first-order chi connectivity index (χ1) is 10.1. The number of nitrogens with zero attached hydrogens (tertiary/aromatic N) is 3. The highest BCUT2D eigenvalue weighted by Crippen LogP contribution is 2.45. The van der Waals surface area contributed by atoms with Crippen LogP contribution in [0.25, 0.3) is 0 Å². The number of aromatic nitrogens is 3. The van der Waals surface area contributed by atoms with E-state index in [1.807, 2.05) is 24.3 Å². The first-order valence-electron chi connectivity index (χ1n) is 6.98. The van der Waals surface area contributed by atoms with Gasteiger partial charge in [-0.25, -0.2) is 4.98 Å². The molecule has 3 rings (SSSR count). The Bertz CT molecular complexity index is 637. The van der Waals surface area contributed by atoms with Gasteiger partial charge >= 0.3 is 0 Å². The number of carbonyl (C=O) groups is 1. The molecule has 2 aromatic rings. The normalized spacial score (nSPS) is 16.3. The largest absolute Gasteiger partial charge is 0.337 e. The van der Waals surface area contributed by atoms with Crippen LogP contribution < -0.4 is 0 Å². The summed E-state index contributed by atoms with van der Waals surface area (Å²) in [6.45, 7) is 0.432. The predicted molar refractivity (Wildman–Crippen MR) is 79.8 cm³/mol. The molecule has 1 aromatic heterocycles. The second kappa shape index (κ2) is 5.48. The molecule has 0 unspecified atom stereocenters. The summed E-state index contributed by atoms with van der Waals surface area (Å²) in [6.07, 6.45) is 4.25. The van der Waals surface area contributed by atoms with Crippen molar-refractivity contribution in [3.8, 4) is 0 Å². The fraction of sp³-hybridized carbons (Fsp3) is 0.400. The topological polar surface area (TPSA) is 61.9 Å². The molecular weight excluding hydrogens is 288 g/mol. The van der Waals surface area contributed by atoms with Crippen molar-refractivity contribution in [3.63, 3.8) is 0 Å². The molecule has 6 heteroatoms. The minimum Gasteiger partial charge on any atom is -0.337 e. The molecule has 21 heavy (non-hydrogen) atoms. The fourth-order valence-electron chi connectivity index (χ4n) is 2.91. The zero-order valence-electron chi connectivity index (χ0n) is 11.8. The van der Waals surface area contributed by atoms with E-state index in [-0.39, 0.29) is 5.91 Å². The van der Waals surface area contributed by atoms with Crippen molar-refractivity contribution in [1.82, 2.24) is 20.1 Å². The third-order valence-electron chi connectivity index (χ3n) is 4.19. The summed E-state index contributed by atoms with van der Waals surface area (Å²) in [5.74, 6) is 0.804. The van der Waals surface area contributed by atoms with Gasteiger partial charge in [0, 0.05) is 12.1 Å². The summed E-state index contributed by atoms with van der Waals surface area (Å²) in [5.41, 5.74) is 0.579. The van der Waals surface area contributed by atoms with E-state index in [1.54, 1.807) is 11.9 Å². The quantitative estimate of drug-likeness (QED) is 0.944. The maximum absolute atomic E-state index is 12.9. The van der Waals surface area contributed by atoms with Gasteiger partial charge < -0.3 is 4.90 Å². The predicted octanol–water partition coefficient (Wildman–Crippen LogP) is 2.54. The lowest BCUT2D eigenvalue weighted by Crippen LogP contribution is -2.49. The van der Waals surface area contributed by atoms with Crippen LogP contribution in [0.2, 0.25) is 5.02 Å². The van der Waals surface area contributed by atoms with Crippen LogP contribution in [0.3, 0.4) is 0 Å². The maximum atomic E-state index is 12.9. The Kier molecular flexibility index (Phi) is 3.68. The summed E-state index contributed by atoms with van der Waals surface area (Å²) >= 11 is 6.08. The van der Waals surface area contributed by atoms with Gasteiger partial charge in [0.1, 0.15) is 12.2 Å². The Morgan fingerprint density at radius 1 is 1.48 bits per heavy atom. The number of nitrogens with one attached hydrogen (secondary N) is 1. The standard InChI is InChI=1S/C15H17ClN4O/c1-20(9-13-17-10-18-19-13)14(21)15(6-3-7-15)11-4-2-5-12(16)8-11/h2,4-5,8,10H,3,6-7,9H2,1H3,(H,17,18,19). The van der Waals surface area contributed by atoms with E-state index in [9.17, 15) is 4.79 Å². The van der Waals surface area contributed by atoms with Gasteiger partial charge in [-0.15, -0.1) is 0 Å². The molecule has 0 saturated heterocycles. The van der Waals surface area contributed by atoms with Gasteiger partial charge in [-0.3, -0.25) is 9.89 Å². The summed E-state index contributed by atoms with van der Waals surface area (Å²) in [6, 6.07) is 7.63. The number of H-pyrrole nitrogens is 1. The summed E-state index contributed by atoms with van der Waals surface area (Å²) in [4.78, 5) is 18.7. The van der Waals surface area contributed by atoms with Crippen LogP contribution in [0.5, 0.6) is 0 Å². The van der Waals surface area contributed by atoms with E-state index in [2.05, 4.69) is 15.2 Å². The lowest BCUT2D eigenvalue weighted by Gasteiger charge is -2.43. The number of amides is 1. The first kappa shape index (κ1) is 14.1. The van der Waals surface area contributed by atoms with Crippen LogP contribution in [-0.4, -0.2) is 33.0 Å². The SMILES string of the molecule is CN(Cc1ncn[nH]1)C(=O)C1(c2cccc(Cl)c2)CCC1. The van der Waals surface area contributed by atoms with E-state index >= 15 is 0 Å². The molecule has 110 valence electrons. The molecule has 1 aliphatic rings. The van der Waals surface area contributed by atoms with Crippen LogP contribution in [0.1, 0.15) is 30.7 Å². The van der Waals surface area contributed by atoms with Crippen molar-refractivity contribution in [3.05, 3.63) is 47.0 Å². The maximum Gasteiger partial charge on any atom is 0.233 e. The van der Waals surface area contributed by atoms with E-state index < -0.39 is 5.41 Å². The van der Waals surface area contributed by atoms with E-state index in [0.717, 1.165) is 24.8 Å². The minimum atomic E-state index is -0.431. The Labute approximate surface area is 128 Å². The molecule has 0 bridgehead atoms. The average molecular weight is 305 g/mol. The van der Waals surface area contributed by atoms with Crippen LogP contribution in [0, 0.1) is 0 Å². The van der Waals surface area contributed by atoms with Crippen molar-refractivity contribution in [1.29, 1.82) is 0 Å². The zero-order valence-corrected chi connectivity index (χ0v) is 12.6. The number of rotatable bonds is 4. The van der Waals surface area contributed by atoms with Crippen molar-refractivity contribution < 1.29 is 4.79 Å². The number of halogens is 1. The Morgan fingerprint density at radius 2 is 2.29 bits per heavy atom. The first-order valence-corrected chi connectivity index (χ1v) is 7.35. The van der Waals surface area contributed by atoms with Crippen molar-refractivity contribution in [2.24, 2.45) is 0 Å². The molecule has 0 radical (unpaired) electrons. The fourth-order valence-corrected chi connectivity index (χ4v) is 3.10. The monoisotopic (exact) mass is 304 g/mol. The number of carbonyl (C=O) groups excluding carboxylic acids is 1. The second-order valence-electron chi connectivity index (χ2n) is 5.54. The van der Waals surface area contributed by atoms with Gasteiger partial charge in [-0.1, -0.05) is 30.2 Å². The molecule has 0 aliphatic heterocycles. The van der Waals surface area contributed by atoms with Gasteiger partial charge in [-0.05, 0) is 30.5 Å². The molecule has 0 spiro atoms. The van der Waals surface area contributed by atoms with Crippen molar-refractivity contribution >= 4 is 17.5 Å². The van der Waals surface area contributed by atoms with Gasteiger partial charge in [0.25, 0.3) is 0 Å².